The zero-order chi connectivity index (χ0) is 12.0. The largest absolute Gasteiger partial charge is 0.380 e. The smallest absolute Gasteiger partial charge is 0.195 e. The van der Waals surface area contributed by atoms with Crippen molar-refractivity contribution in [2.45, 2.75) is 46.1 Å². The third-order valence-corrected chi connectivity index (χ3v) is 2.72. The molecule has 0 saturated heterocycles. The lowest BCUT2D eigenvalue weighted by molar-refractivity contribution is 0.122. The van der Waals surface area contributed by atoms with Crippen LogP contribution in [0, 0.1) is 4.77 Å². The van der Waals surface area contributed by atoms with Crippen molar-refractivity contribution in [3.05, 3.63) is 10.6 Å². The van der Waals surface area contributed by atoms with Gasteiger partial charge in [-0.2, -0.15) is 5.10 Å². The van der Waals surface area contributed by atoms with Crippen molar-refractivity contribution in [3.63, 3.8) is 0 Å². The Labute approximate surface area is 102 Å². The Hall–Kier alpha value is -0.680. The number of aromatic amines is 1. The monoisotopic (exact) mass is 243 g/mol. The first-order valence-electron chi connectivity index (χ1n) is 5.89. The van der Waals surface area contributed by atoms with Crippen molar-refractivity contribution in [1.29, 1.82) is 0 Å². The minimum Gasteiger partial charge on any atom is -0.380 e. The molecule has 0 aliphatic carbocycles. The minimum atomic E-state index is 0.378. The van der Waals surface area contributed by atoms with Crippen LogP contribution in [-0.2, 0) is 11.3 Å². The molecule has 0 saturated carbocycles. The number of nitrogens with zero attached hydrogens (tertiary/aromatic N) is 2. The van der Waals surface area contributed by atoms with Gasteiger partial charge in [-0.05, 0) is 18.6 Å². The van der Waals surface area contributed by atoms with Crippen LogP contribution in [0.1, 0.15) is 45.4 Å². The number of rotatable bonds is 7. The average molecular weight is 243 g/mol. The quantitative estimate of drug-likeness (QED) is 0.591. The van der Waals surface area contributed by atoms with Gasteiger partial charge >= 0.3 is 0 Å². The van der Waals surface area contributed by atoms with Crippen LogP contribution in [0.25, 0.3) is 0 Å². The highest BCUT2D eigenvalue weighted by molar-refractivity contribution is 7.71. The summed E-state index contributed by atoms with van der Waals surface area (Å²) < 4.78 is 8.23. The molecule has 1 heterocycles. The number of hydrogen-bond acceptors (Lipinski definition) is 3. The van der Waals surface area contributed by atoms with Crippen LogP contribution in [-0.4, -0.2) is 28.0 Å². The second-order valence-corrected chi connectivity index (χ2v) is 4.55. The van der Waals surface area contributed by atoms with E-state index in [0.29, 0.717) is 17.3 Å². The molecule has 1 N–H and O–H groups in total. The summed E-state index contributed by atoms with van der Waals surface area (Å²) in [6.45, 7) is 8.70. The predicted molar refractivity (Wildman–Crippen MR) is 67.2 cm³/mol. The fourth-order valence-electron chi connectivity index (χ4n) is 1.49. The van der Waals surface area contributed by atoms with E-state index in [2.05, 4.69) is 31.0 Å². The fourth-order valence-corrected chi connectivity index (χ4v) is 1.72. The van der Waals surface area contributed by atoms with E-state index in [-0.39, 0.29) is 0 Å². The molecule has 0 unspecified atom stereocenters. The number of hydrogen-bond donors (Lipinski definition) is 1. The van der Waals surface area contributed by atoms with Gasteiger partial charge in [0, 0.05) is 12.5 Å². The van der Waals surface area contributed by atoms with Crippen molar-refractivity contribution in [1.82, 2.24) is 14.8 Å². The summed E-state index contributed by atoms with van der Waals surface area (Å²) in [5, 5.41) is 7.05. The lowest BCUT2D eigenvalue weighted by atomic mass is 10.2. The standard InChI is InChI=1S/C11H21N3OS/c1-4-5-7-15-8-6-14-10(9(2)3)12-13-11(14)16/h9H,4-8H2,1-3H3,(H,13,16). The van der Waals surface area contributed by atoms with Gasteiger partial charge in [0.2, 0.25) is 0 Å². The first-order chi connectivity index (χ1) is 7.66. The van der Waals surface area contributed by atoms with Gasteiger partial charge in [0.15, 0.2) is 4.77 Å². The molecule has 0 aliphatic rings. The summed E-state index contributed by atoms with van der Waals surface area (Å²) in [6.07, 6.45) is 2.29. The normalized spacial score (nSPS) is 11.2. The fraction of sp³-hybridized carbons (Fsp3) is 0.818. The third kappa shape index (κ3) is 3.72. The van der Waals surface area contributed by atoms with Crippen LogP contribution >= 0.6 is 12.2 Å². The second kappa shape index (κ2) is 6.81. The lowest BCUT2D eigenvalue weighted by Crippen LogP contribution is -2.11. The van der Waals surface area contributed by atoms with Gasteiger partial charge in [-0.1, -0.05) is 27.2 Å². The molecule has 0 bridgehead atoms. The SMILES string of the molecule is CCCCOCCn1c(C(C)C)n[nH]c1=S. The molecule has 16 heavy (non-hydrogen) atoms. The molecule has 1 aromatic heterocycles. The van der Waals surface area contributed by atoms with E-state index in [1.54, 1.807) is 0 Å². The molecule has 4 nitrogen and oxygen atoms in total. The number of H-pyrrole nitrogens is 1. The third-order valence-electron chi connectivity index (χ3n) is 2.41. The maximum Gasteiger partial charge on any atom is 0.195 e. The van der Waals surface area contributed by atoms with Crippen LogP contribution in [0.5, 0.6) is 0 Å². The Kier molecular flexibility index (Phi) is 5.69. The number of ether oxygens (including phenoxy) is 1. The van der Waals surface area contributed by atoms with Gasteiger partial charge in [-0.15, -0.1) is 0 Å². The number of aromatic nitrogens is 3. The minimum absolute atomic E-state index is 0.378. The summed E-state index contributed by atoms with van der Waals surface area (Å²) in [6, 6.07) is 0. The van der Waals surface area contributed by atoms with Gasteiger partial charge < -0.3 is 9.30 Å². The first-order valence-corrected chi connectivity index (χ1v) is 6.30. The first kappa shape index (κ1) is 13.4. The Morgan fingerprint density at radius 2 is 2.19 bits per heavy atom. The molecular weight excluding hydrogens is 222 g/mol. The Bertz CT molecular complexity index is 356. The average Bonchev–Trinajstić information content (AvgIpc) is 2.60. The molecule has 0 fully saturated rings. The van der Waals surface area contributed by atoms with E-state index in [9.17, 15) is 0 Å². The summed E-state index contributed by atoms with van der Waals surface area (Å²) in [5.41, 5.74) is 0. The number of nitrogens with one attached hydrogen (secondary N) is 1. The van der Waals surface area contributed by atoms with Crippen LogP contribution in [0.3, 0.4) is 0 Å². The zero-order valence-electron chi connectivity index (χ0n) is 10.3. The van der Waals surface area contributed by atoms with Crippen LogP contribution in [0.2, 0.25) is 0 Å². The topological polar surface area (TPSA) is 42.8 Å². The predicted octanol–water partition coefficient (Wildman–Crippen LogP) is 2.88. The summed E-state index contributed by atoms with van der Waals surface area (Å²) in [7, 11) is 0. The lowest BCUT2D eigenvalue weighted by Gasteiger charge is -2.09. The van der Waals surface area contributed by atoms with Gasteiger partial charge in [0.25, 0.3) is 0 Å². The number of unbranched alkanes of at least 4 members (excludes halogenated alkanes) is 1. The van der Waals surface area contributed by atoms with E-state index in [4.69, 9.17) is 17.0 Å². The molecule has 0 radical (unpaired) electrons. The summed E-state index contributed by atoms with van der Waals surface area (Å²) in [5.74, 6) is 1.38. The molecule has 5 heteroatoms. The maximum absolute atomic E-state index is 5.53. The van der Waals surface area contributed by atoms with Crippen LogP contribution in [0.15, 0.2) is 0 Å². The second-order valence-electron chi connectivity index (χ2n) is 4.16. The maximum atomic E-state index is 5.53. The zero-order valence-corrected chi connectivity index (χ0v) is 11.1. The van der Waals surface area contributed by atoms with Gasteiger partial charge in [0.05, 0.1) is 13.2 Å². The van der Waals surface area contributed by atoms with Gasteiger partial charge in [-0.25, -0.2) is 0 Å². The molecular formula is C11H21N3OS. The van der Waals surface area contributed by atoms with Crippen LogP contribution < -0.4 is 0 Å². The van der Waals surface area contributed by atoms with Crippen molar-refractivity contribution in [3.8, 4) is 0 Å². The molecule has 0 amide bonds. The summed E-state index contributed by atoms with van der Waals surface area (Å²) in [4.78, 5) is 0. The van der Waals surface area contributed by atoms with Crippen molar-refractivity contribution in [2.24, 2.45) is 0 Å². The van der Waals surface area contributed by atoms with Gasteiger partial charge in [-0.3, -0.25) is 5.10 Å². The molecule has 0 spiro atoms. The molecule has 92 valence electrons. The molecule has 1 rings (SSSR count). The Morgan fingerprint density at radius 3 is 2.81 bits per heavy atom. The summed E-state index contributed by atoms with van der Waals surface area (Å²) >= 11 is 5.18. The Morgan fingerprint density at radius 1 is 1.44 bits per heavy atom. The molecule has 1 aromatic rings. The van der Waals surface area contributed by atoms with Crippen LogP contribution in [0.4, 0.5) is 0 Å². The molecule has 0 atom stereocenters. The van der Waals surface area contributed by atoms with E-state index in [1.807, 2.05) is 4.57 Å². The molecule has 0 aromatic carbocycles. The van der Waals surface area contributed by atoms with Crippen molar-refractivity contribution < 1.29 is 4.74 Å². The van der Waals surface area contributed by atoms with E-state index < -0.39 is 0 Å². The van der Waals surface area contributed by atoms with E-state index >= 15 is 0 Å². The highest BCUT2D eigenvalue weighted by atomic mass is 32.1. The Balaban J connectivity index is 2.46. The van der Waals surface area contributed by atoms with Crippen molar-refractivity contribution in [2.75, 3.05) is 13.2 Å². The van der Waals surface area contributed by atoms with E-state index in [1.165, 1.54) is 6.42 Å². The van der Waals surface area contributed by atoms with Gasteiger partial charge in [0.1, 0.15) is 5.82 Å². The van der Waals surface area contributed by atoms with E-state index in [0.717, 1.165) is 25.4 Å². The molecule has 0 aliphatic heterocycles. The van der Waals surface area contributed by atoms with Crippen molar-refractivity contribution >= 4 is 12.2 Å². The highest BCUT2D eigenvalue weighted by Crippen LogP contribution is 2.11. The highest BCUT2D eigenvalue weighted by Gasteiger charge is 2.09.